The van der Waals surface area contributed by atoms with Gasteiger partial charge in [0.1, 0.15) is 5.60 Å². The summed E-state index contributed by atoms with van der Waals surface area (Å²) in [5, 5.41) is 9.99. The highest BCUT2D eigenvalue weighted by Crippen LogP contribution is 2.43. The molecule has 4 atom stereocenters. The van der Waals surface area contributed by atoms with E-state index >= 15 is 0 Å². The lowest BCUT2D eigenvalue weighted by Crippen LogP contribution is -2.58. The fourth-order valence-electron chi connectivity index (χ4n) is 4.17. The largest absolute Gasteiger partial charge is 0.374 e. The van der Waals surface area contributed by atoms with Crippen LogP contribution < -0.4 is 0 Å². The van der Waals surface area contributed by atoms with Gasteiger partial charge in [0.25, 0.3) is 0 Å². The lowest BCUT2D eigenvalue weighted by molar-refractivity contribution is -0.271. The maximum atomic E-state index is 9.99. The third kappa shape index (κ3) is 5.05. The summed E-state index contributed by atoms with van der Waals surface area (Å²) in [6, 6.07) is 20.3. The zero-order valence-electron chi connectivity index (χ0n) is 17.0. The molecule has 0 saturated carbocycles. The third-order valence-corrected chi connectivity index (χ3v) is 5.87. The molecule has 5 nitrogen and oxygen atoms in total. The Morgan fingerprint density at radius 1 is 1.00 bits per heavy atom. The van der Waals surface area contributed by atoms with E-state index < -0.39 is 17.5 Å². The molecule has 2 aliphatic rings. The van der Waals surface area contributed by atoms with Crippen LogP contribution in [0.1, 0.15) is 37.3 Å². The minimum atomic E-state index is -0.750. The first-order valence-corrected chi connectivity index (χ1v) is 10.3. The Morgan fingerprint density at radius 2 is 1.66 bits per heavy atom. The molecule has 2 fully saturated rings. The van der Waals surface area contributed by atoms with Gasteiger partial charge < -0.3 is 24.1 Å². The molecule has 29 heavy (non-hydrogen) atoms. The molecule has 1 N–H and O–H groups in total. The van der Waals surface area contributed by atoms with Crippen molar-refractivity contribution in [3.05, 3.63) is 71.8 Å². The average molecular weight is 398 g/mol. The standard InChI is InChI=1S/C24H30O5/c1-23(17-26-15-19-8-4-2-5-9-19)14-21(27-16-20-10-6-3-7-11-20)24(18-28-23)13-12-22(25)29-24/h2-11,21-22,25H,12-18H2,1H3/t21-,22?,23+,24+/m0/s1. The van der Waals surface area contributed by atoms with Crippen LogP contribution in [0.5, 0.6) is 0 Å². The second-order valence-electron chi connectivity index (χ2n) is 8.38. The predicted octanol–water partition coefficient (Wildman–Crippen LogP) is 3.84. The van der Waals surface area contributed by atoms with Crippen molar-refractivity contribution in [1.29, 1.82) is 0 Å². The van der Waals surface area contributed by atoms with E-state index in [1.54, 1.807) is 0 Å². The molecular formula is C24H30O5. The molecule has 2 saturated heterocycles. The highest BCUT2D eigenvalue weighted by Gasteiger charge is 2.54. The molecule has 1 spiro atoms. The zero-order chi connectivity index (χ0) is 20.2. The van der Waals surface area contributed by atoms with Crippen LogP contribution in [0.3, 0.4) is 0 Å². The Labute approximate surface area is 172 Å². The summed E-state index contributed by atoms with van der Waals surface area (Å²) in [7, 11) is 0. The van der Waals surface area contributed by atoms with Gasteiger partial charge >= 0.3 is 0 Å². The second kappa shape index (κ2) is 8.94. The normalized spacial score (nSPS) is 31.9. The predicted molar refractivity (Wildman–Crippen MR) is 109 cm³/mol. The molecular weight excluding hydrogens is 368 g/mol. The Morgan fingerprint density at radius 3 is 2.28 bits per heavy atom. The first-order valence-electron chi connectivity index (χ1n) is 10.3. The SMILES string of the molecule is C[C@]1(COCc2ccccc2)C[C@H](OCc2ccccc2)[C@@]2(CCC(O)O2)CO1. The van der Waals surface area contributed by atoms with E-state index in [9.17, 15) is 5.11 Å². The molecule has 2 heterocycles. The van der Waals surface area contributed by atoms with Crippen LogP contribution in [0.4, 0.5) is 0 Å². The number of hydrogen-bond donors (Lipinski definition) is 1. The van der Waals surface area contributed by atoms with Crippen molar-refractivity contribution in [2.45, 2.75) is 63.0 Å². The molecule has 0 radical (unpaired) electrons. The van der Waals surface area contributed by atoms with Gasteiger partial charge in [-0.05, 0) is 24.5 Å². The van der Waals surface area contributed by atoms with Crippen LogP contribution in [0, 0.1) is 0 Å². The minimum absolute atomic E-state index is 0.168. The van der Waals surface area contributed by atoms with Crippen molar-refractivity contribution in [3.8, 4) is 0 Å². The van der Waals surface area contributed by atoms with Gasteiger partial charge in [-0.3, -0.25) is 0 Å². The van der Waals surface area contributed by atoms with Crippen LogP contribution in [0.15, 0.2) is 60.7 Å². The van der Waals surface area contributed by atoms with Gasteiger partial charge in [0, 0.05) is 12.8 Å². The minimum Gasteiger partial charge on any atom is -0.374 e. The lowest BCUT2D eigenvalue weighted by Gasteiger charge is -2.47. The fourth-order valence-corrected chi connectivity index (χ4v) is 4.17. The highest BCUT2D eigenvalue weighted by atomic mass is 16.7. The Hall–Kier alpha value is -1.76. The van der Waals surface area contributed by atoms with Crippen molar-refractivity contribution in [3.63, 3.8) is 0 Å². The van der Waals surface area contributed by atoms with Gasteiger partial charge in [-0.2, -0.15) is 0 Å². The second-order valence-corrected chi connectivity index (χ2v) is 8.38. The molecule has 156 valence electrons. The summed E-state index contributed by atoms with van der Waals surface area (Å²) in [6.45, 7) is 4.00. The molecule has 1 unspecified atom stereocenters. The van der Waals surface area contributed by atoms with Crippen molar-refractivity contribution in [2.24, 2.45) is 0 Å². The summed E-state index contributed by atoms with van der Waals surface area (Å²) in [5.41, 5.74) is 1.21. The molecule has 5 heteroatoms. The maximum Gasteiger partial charge on any atom is 0.155 e. The van der Waals surface area contributed by atoms with Crippen molar-refractivity contribution in [1.82, 2.24) is 0 Å². The Balaban J connectivity index is 1.40. The van der Waals surface area contributed by atoms with Crippen LogP contribution in [-0.4, -0.2) is 41.9 Å². The molecule has 0 bridgehead atoms. The van der Waals surface area contributed by atoms with Gasteiger partial charge in [-0.1, -0.05) is 60.7 Å². The molecule has 2 aromatic carbocycles. The van der Waals surface area contributed by atoms with Gasteiger partial charge in [0.05, 0.1) is 38.1 Å². The zero-order valence-corrected chi connectivity index (χ0v) is 17.0. The van der Waals surface area contributed by atoms with Crippen LogP contribution in [-0.2, 0) is 32.2 Å². The summed E-state index contributed by atoms with van der Waals surface area (Å²) >= 11 is 0. The maximum absolute atomic E-state index is 9.99. The van der Waals surface area contributed by atoms with E-state index in [-0.39, 0.29) is 6.10 Å². The number of aliphatic hydroxyl groups excluding tert-OH is 1. The Bertz CT molecular complexity index is 767. The number of benzene rings is 2. The molecule has 2 aliphatic heterocycles. The number of rotatable bonds is 7. The molecule has 4 rings (SSSR count). The lowest BCUT2D eigenvalue weighted by atomic mass is 9.82. The van der Waals surface area contributed by atoms with E-state index in [2.05, 4.69) is 31.2 Å². The molecule has 0 aromatic heterocycles. The van der Waals surface area contributed by atoms with Crippen molar-refractivity contribution < 1.29 is 24.1 Å². The van der Waals surface area contributed by atoms with Crippen molar-refractivity contribution >= 4 is 0 Å². The quantitative estimate of drug-likeness (QED) is 0.768. The number of aliphatic hydroxyl groups is 1. The molecule has 0 amide bonds. The Kier molecular flexibility index (Phi) is 6.32. The van der Waals surface area contributed by atoms with E-state index in [4.69, 9.17) is 18.9 Å². The first kappa shape index (κ1) is 20.5. The van der Waals surface area contributed by atoms with E-state index in [1.807, 2.05) is 36.4 Å². The van der Waals surface area contributed by atoms with E-state index in [1.165, 1.54) is 0 Å². The summed E-state index contributed by atoms with van der Waals surface area (Å²) in [4.78, 5) is 0. The third-order valence-electron chi connectivity index (χ3n) is 5.87. The van der Waals surface area contributed by atoms with Crippen LogP contribution in [0.25, 0.3) is 0 Å². The van der Waals surface area contributed by atoms with E-state index in [0.717, 1.165) is 17.5 Å². The summed E-state index contributed by atoms with van der Waals surface area (Å²) < 4.78 is 24.5. The number of ether oxygens (including phenoxy) is 4. The van der Waals surface area contributed by atoms with Crippen LogP contribution in [0.2, 0.25) is 0 Å². The number of hydrogen-bond acceptors (Lipinski definition) is 5. The van der Waals surface area contributed by atoms with Gasteiger partial charge in [-0.15, -0.1) is 0 Å². The van der Waals surface area contributed by atoms with Gasteiger partial charge in [-0.25, -0.2) is 0 Å². The monoisotopic (exact) mass is 398 g/mol. The average Bonchev–Trinajstić information content (AvgIpc) is 3.12. The molecule has 0 aliphatic carbocycles. The fraction of sp³-hybridized carbons (Fsp3) is 0.500. The topological polar surface area (TPSA) is 57.2 Å². The van der Waals surface area contributed by atoms with Crippen molar-refractivity contribution in [2.75, 3.05) is 13.2 Å². The van der Waals surface area contributed by atoms with Crippen LogP contribution >= 0.6 is 0 Å². The van der Waals surface area contributed by atoms with Gasteiger partial charge in [0.15, 0.2) is 6.29 Å². The summed E-state index contributed by atoms with van der Waals surface area (Å²) in [6.07, 6.45) is 1.07. The molecule has 2 aromatic rings. The van der Waals surface area contributed by atoms with E-state index in [0.29, 0.717) is 39.3 Å². The smallest absolute Gasteiger partial charge is 0.155 e. The summed E-state index contributed by atoms with van der Waals surface area (Å²) in [5.74, 6) is 0. The first-order chi connectivity index (χ1) is 14.1. The highest BCUT2D eigenvalue weighted by molar-refractivity contribution is 5.14. The van der Waals surface area contributed by atoms with Gasteiger partial charge in [0.2, 0.25) is 0 Å².